The van der Waals surface area contributed by atoms with Gasteiger partial charge in [-0.15, -0.1) is 0 Å². The van der Waals surface area contributed by atoms with Gasteiger partial charge in [0.15, 0.2) is 0 Å². The number of aromatic nitrogens is 2. The van der Waals surface area contributed by atoms with Crippen molar-refractivity contribution in [1.29, 1.82) is 5.41 Å². The SMILES string of the molecule is C=Cc1c(C=N)c2ccccc2n1-c1cccc(C2C=CC=C(c3ccc(-c4cccc5ccccc45)cc3)N2)n1. The fraction of sp³-hybridized carbons (Fsp3) is 0.0270. The summed E-state index contributed by atoms with van der Waals surface area (Å²) >= 11 is 0. The molecule has 2 aromatic heterocycles. The van der Waals surface area contributed by atoms with Crippen molar-refractivity contribution in [2.45, 2.75) is 6.04 Å². The number of nitrogens with zero attached hydrogens (tertiary/aromatic N) is 2. The van der Waals surface area contributed by atoms with E-state index >= 15 is 0 Å². The second-order valence-corrected chi connectivity index (χ2v) is 10.1. The predicted octanol–water partition coefficient (Wildman–Crippen LogP) is 8.73. The van der Waals surface area contributed by atoms with E-state index in [1.54, 1.807) is 6.08 Å². The van der Waals surface area contributed by atoms with E-state index in [-0.39, 0.29) is 6.04 Å². The van der Waals surface area contributed by atoms with Crippen LogP contribution in [0.2, 0.25) is 0 Å². The summed E-state index contributed by atoms with van der Waals surface area (Å²) in [6.07, 6.45) is 9.53. The van der Waals surface area contributed by atoms with Crippen molar-refractivity contribution in [1.82, 2.24) is 14.9 Å². The van der Waals surface area contributed by atoms with Gasteiger partial charge >= 0.3 is 0 Å². The maximum atomic E-state index is 8.02. The minimum absolute atomic E-state index is 0.0797. The quantitative estimate of drug-likeness (QED) is 0.212. The van der Waals surface area contributed by atoms with Crippen LogP contribution in [0, 0.1) is 5.41 Å². The normalized spacial score (nSPS) is 14.5. The third-order valence-corrected chi connectivity index (χ3v) is 7.77. The third kappa shape index (κ3) is 4.26. The van der Waals surface area contributed by atoms with Crippen LogP contribution in [0.25, 0.3) is 50.4 Å². The monoisotopic (exact) mass is 528 g/mol. The third-order valence-electron chi connectivity index (χ3n) is 7.77. The minimum Gasteiger partial charge on any atom is -0.373 e. The van der Waals surface area contributed by atoms with Gasteiger partial charge in [0, 0.05) is 22.9 Å². The number of pyridine rings is 1. The Kier molecular flexibility index (Phi) is 6.14. The first kappa shape index (κ1) is 24.6. The van der Waals surface area contributed by atoms with Crippen LogP contribution in [0.3, 0.4) is 0 Å². The lowest BCUT2D eigenvalue weighted by Gasteiger charge is -2.22. The van der Waals surface area contributed by atoms with Gasteiger partial charge in [0.25, 0.3) is 0 Å². The number of fused-ring (bicyclic) bond motifs is 2. The van der Waals surface area contributed by atoms with Gasteiger partial charge in [-0.1, -0.05) is 110 Å². The highest BCUT2D eigenvalue weighted by Gasteiger charge is 2.19. The molecule has 0 fully saturated rings. The molecule has 0 spiro atoms. The molecule has 4 heteroatoms. The van der Waals surface area contributed by atoms with E-state index < -0.39 is 0 Å². The molecule has 1 unspecified atom stereocenters. The molecule has 7 rings (SSSR count). The molecular weight excluding hydrogens is 500 g/mol. The summed E-state index contributed by atoms with van der Waals surface area (Å²) in [7, 11) is 0. The van der Waals surface area contributed by atoms with Crippen LogP contribution >= 0.6 is 0 Å². The molecule has 4 nitrogen and oxygen atoms in total. The number of para-hydroxylation sites is 1. The zero-order valence-electron chi connectivity index (χ0n) is 22.5. The van der Waals surface area contributed by atoms with E-state index in [2.05, 4.69) is 114 Å². The zero-order chi connectivity index (χ0) is 27.8. The summed E-state index contributed by atoms with van der Waals surface area (Å²) in [5.41, 5.74) is 8.25. The molecule has 2 N–H and O–H groups in total. The molecule has 0 bridgehead atoms. The molecule has 1 atom stereocenters. The summed E-state index contributed by atoms with van der Waals surface area (Å²) in [5, 5.41) is 15.2. The number of rotatable bonds is 6. The Morgan fingerprint density at radius 3 is 2.34 bits per heavy atom. The molecular formula is C37H28N4. The molecule has 0 radical (unpaired) electrons. The van der Waals surface area contributed by atoms with Crippen molar-refractivity contribution >= 4 is 39.7 Å². The number of hydrogen-bond donors (Lipinski definition) is 2. The Morgan fingerprint density at radius 1 is 0.780 bits per heavy atom. The lowest BCUT2D eigenvalue weighted by Crippen LogP contribution is -2.21. The van der Waals surface area contributed by atoms with Gasteiger partial charge in [-0.05, 0) is 57.8 Å². The van der Waals surface area contributed by atoms with Gasteiger partial charge in [0.05, 0.1) is 22.9 Å². The van der Waals surface area contributed by atoms with Gasteiger partial charge < -0.3 is 10.7 Å². The average Bonchev–Trinajstić information content (AvgIpc) is 3.38. The summed E-state index contributed by atoms with van der Waals surface area (Å²) < 4.78 is 2.08. The molecule has 0 saturated heterocycles. The minimum atomic E-state index is -0.0797. The number of benzene rings is 4. The highest BCUT2D eigenvalue weighted by atomic mass is 15.1. The van der Waals surface area contributed by atoms with Crippen molar-refractivity contribution in [2.75, 3.05) is 0 Å². The summed E-state index contributed by atoms with van der Waals surface area (Å²) in [6, 6.07) is 37.8. The molecule has 1 aliphatic rings. The Balaban J connectivity index is 1.19. The Hall–Kier alpha value is -5.48. The van der Waals surface area contributed by atoms with Gasteiger partial charge in [0.1, 0.15) is 5.82 Å². The van der Waals surface area contributed by atoms with Crippen LogP contribution in [-0.4, -0.2) is 15.8 Å². The van der Waals surface area contributed by atoms with Crippen LogP contribution in [0.15, 0.2) is 134 Å². The van der Waals surface area contributed by atoms with E-state index in [0.717, 1.165) is 44.9 Å². The Labute approximate surface area is 239 Å². The maximum absolute atomic E-state index is 8.02. The van der Waals surface area contributed by atoms with Crippen molar-refractivity contribution in [3.8, 4) is 16.9 Å². The van der Waals surface area contributed by atoms with Crippen LogP contribution < -0.4 is 5.32 Å². The van der Waals surface area contributed by atoms with E-state index in [1.165, 1.54) is 28.1 Å². The van der Waals surface area contributed by atoms with Crippen LogP contribution in [0.1, 0.15) is 28.6 Å². The lowest BCUT2D eigenvalue weighted by atomic mass is 9.96. The van der Waals surface area contributed by atoms with E-state index in [4.69, 9.17) is 10.4 Å². The standard InChI is InChI=1S/C37H28N4/c1-2-35-31(24-38)30-13-5-6-18-36(30)41(35)37-19-9-17-34(40-37)33-16-8-15-32(39-33)27-22-20-26(21-23-27)29-14-7-11-25-10-3-4-12-28(25)29/h2-24,33,38-39H,1H2. The molecule has 41 heavy (non-hydrogen) atoms. The van der Waals surface area contributed by atoms with Crippen LogP contribution in [-0.2, 0) is 0 Å². The fourth-order valence-corrected chi connectivity index (χ4v) is 5.81. The van der Waals surface area contributed by atoms with Gasteiger partial charge in [-0.3, -0.25) is 4.57 Å². The number of allylic oxidation sites excluding steroid dienone is 2. The molecule has 6 aromatic rings. The number of nitrogens with one attached hydrogen (secondary N) is 2. The van der Waals surface area contributed by atoms with Gasteiger partial charge in [-0.2, -0.15) is 0 Å². The summed E-state index contributed by atoms with van der Waals surface area (Å²) in [4.78, 5) is 5.08. The topological polar surface area (TPSA) is 53.7 Å². The van der Waals surface area contributed by atoms with Crippen molar-refractivity contribution < 1.29 is 0 Å². The second-order valence-electron chi connectivity index (χ2n) is 10.1. The predicted molar refractivity (Wildman–Crippen MR) is 171 cm³/mol. The molecule has 1 aliphatic heterocycles. The number of hydrogen-bond acceptors (Lipinski definition) is 3. The maximum Gasteiger partial charge on any atom is 0.137 e. The molecule has 0 saturated carbocycles. The second kappa shape index (κ2) is 10.2. The van der Waals surface area contributed by atoms with E-state index in [1.807, 2.05) is 30.3 Å². The Bertz CT molecular complexity index is 2000. The number of dihydropyridines is 1. The van der Waals surface area contributed by atoms with Gasteiger partial charge in [0.2, 0.25) is 0 Å². The molecule has 3 heterocycles. The van der Waals surface area contributed by atoms with Gasteiger partial charge in [-0.25, -0.2) is 4.98 Å². The first-order chi connectivity index (χ1) is 20.2. The molecule has 196 valence electrons. The summed E-state index contributed by atoms with van der Waals surface area (Å²) in [6.45, 7) is 4.03. The Morgan fingerprint density at radius 2 is 1.51 bits per heavy atom. The molecule has 0 aliphatic carbocycles. The van der Waals surface area contributed by atoms with Crippen LogP contribution in [0.5, 0.6) is 0 Å². The van der Waals surface area contributed by atoms with Crippen LogP contribution in [0.4, 0.5) is 0 Å². The van der Waals surface area contributed by atoms with E-state index in [9.17, 15) is 0 Å². The highest BCUT2D eigenvalue weighted by molar-refractivity contribution is 6.03. The van der Waals surface area contributed by atoms with Crippen molar-refractivity contribution in [2.24, 2.45) is 0 Å². The fourth-order valence-electron chi connectivity index (χ4n) is 5.81. The van der Waals surface area contributed by atoms with E-state index in [0.29, 0.717) is 0 Å². The summed E-state index contributed by atoms with van der Waals surface area (Å²) in [5.74, 6) is 0.799. The smallest absolute Gasteiger partial charge is 0.137 e. The average molecular weight is 529 g/mol. The highest BCUT2D eigenvalue weighted by Crippen LogP contribution is 2.32. The first-order valence-corrected chi connectivity index (χ1v) is 13.7. The largest absolute Gasteiger partial charge is 0.373 e. The molecule has 0 amide bonds. The van der Waals surface area contributed by atoms with Crippen molar-refractivity contribution in [3.63, 3.8) is 0 Å². The van der Waals surface area contributed by atoms with Crippen molar-refractivity contribution in [3.05, 3.63) is 157 Å². The first-order valence-electron chi connectivity index (χ1n) is 13.7. The molecule has 4 aromatic carbocycles. The lowest BCUT2D eigenvalue weighted by molar-refractivity contribution is 0.732. The zero-order valence-corrected chi connectivity index (χ0v) is 22.5.